The number of piperazine rings is 1. The number of hydrogen-bond acceptors (Lipinski definition) is 5. The maximum absolute atomic E-state index is 13.7. The van der Waals surface area contributed by atoms with Crippen molar-refractivity contribution in [3.05, 3.63) is 47.8 Å². The molecular formula is C20H20F3N5O2. The lowest BCUT2D eigenvalue weighted by atomic mass is 10.1. The number of ether oxygens (including phenoxy) is 1. The average molecular weight is 419 g/mol. The highest BCUT2D eigenvalue weighted by Gasteiger charge is 2.36. The number of benzene rings is 1. The summed E-state index contributed by atoms with van der Waals surface area (Å²) in [6, 6.07) is 7.46. The van der Waals surface area contributed by atoms with Crippen LogP contribution in [0, 0.1) is 0 Å². The van der Waals surface area contributed by atoms with E-state index in [-0.39, 0.29) is 22.8 Å². The number of nitrogens with zero attached hydrogens (tertiary/aromatic N) is 5. The zero-order valence-corrected chi connectivity index (χ0v) is 16.5. The quantitative estimate of drug-likeness (QED) is 0.653. The number of amides is 1. The van der Waals surface area contributed by atoms with Crippen molar-refractivity contribution < 1.29 is 22.7 Å². The van der Waals surface area contributed by atoms with Crippen molar-refractivity contribution in [2.24, 2.45) is 0 Å². The molecule has 4 rings (SSSR count). The van der Waals surface area contributed by atoms with Crippen LogP contribution in [0.1, 0.15) is 16.1 Å². The zero-order valence-electron chi connectivity index (χ0n) is 16.5. The Morgan fingerprint density at radius 2 is 1.77 bits per heavy atom. The van der Waals surface area contributed by atoms with Crippen LogP contribution in [0.3, 0.4) is 0 Å². The van der Waals surface area contributed by atoms with Gasteiger partial charge in [0.25, 0.3) is 5.91 Å². The SMILES string of the molecule is COc1ccc(-c2cc(C(F)(F)F)n3ncc(C(=O)N4CCN(C)CC4)c3n2)cc1. The Labute approximate surface area is 170 Å². The molecule has 7 nitrogen and oxygen atoms in total. The number of carbonyl (C=O) groups is 1. The van der Waals surface area contributed by atoms with Gasteiger partial charge in [0.2, 0.25) is 0 Å². The first kappa shape index (κ1) is 20.1. The molecule has 0 radical (unpaired) electrons. The van der Waals surface area contributed by atoms with E-state index < -0.39 is 11.9 Å². The summed E-state index contributed by atoms with van der Waals surface area (Å²) in [4.78, 5) is 21.1. The Kier molecular flexibility index (Phi) is 5.10. The standard InChI is InChI=1S/C20H20F3N5O2/c1-26-7-9-27(10-8-26)19(29)15-12-24-28-17(20(21,22)23)11-16(25-18(15)28)13-3-5-14(30-2)6-4-13/h3-6,11-12H,7-10H2,1-2H3. The van der Waals surface area contributed by atoms with E-state index in [4.69, 9.17) is 4.74 Å². The van der Waals surface area contributed by atoms with E-state index in [0.29, 0.717) is 42.0 Å². The Morgan fingerprint density at radius 1 is 1.10 bits per heavy atom. The van der Waals surface area contributed by atoms with Crippen LogP contribution >= 0.6 is 0 Å². The molecule has 3 heterocycles. The van der Waals surface area contributed by atoms with E-state index in [0.717, 1.165) is 12.3 Å². The molecule has 0 atom stereocenters. The molecule has 1 aliphatic heterocycles. The van der Waals surface area contributed by atoms with Crippen LogP contribution in [0.15, 0.2) is 36.5 Å². The maximum Gasteiger partial charge on any atom is 0.433 e. The number of alkyl halides is 3. The second-order valence-corrected chi connectivity index (χ2v) is 7.14. The van der Waals surface area contributed by atoms with Gasteiger partial charge in [0.15, 0.2) is 11.3 Å². The molecule has 3 aromatic rings. The molecule has 158 valence electrons. The molecule has 0 unspecified atom stereocenters. The van der Waals surface area contributed by atoms with Crippen molar-refractivity contribution >= 4 is 11.6 Å². The third kappa shape index (κ3) is 3.70. The van der Waals surface area contributed by atoms with E-state index in [2.05, 4.69) is 15.0 Å². The third-order valence-corrected chi connectivity index (χ3v) is 5.17. The molecule has 1 fully saturated rings. The zero-order chi connectivity index (χ0) is 21.5. The molecule has 2 aromatic heterocycles. The lowest BCUT2D eigenvalue weighted by Gasteiger charge is -2.32. The Bertz CT molecular complexity index is 1070. The second-order valence-electron chi connectivity index (χ2n) is 7.14. The first-order valence-corrected chi connectivity index (χ1v) is 9.36. The molecule has 10 heteroatoms. The number of likely N-dealkylation sites (N-methyl/N-ethyl adjacent to an activating group) is 1. The lowest BCUT2D eigenvalue weighted by molar-refractivity contribution is -0.142. The Morgan fingerprint density at radius 3 is 2.37 bits per heavy atom. The van der Waals surface area contributed by atoms with Crippen LogP contribution in [0.25, 0.3) is 16.9 Å². The smallest absolute Gasteiger partial charge is 0.433 e. The molecule has 0 N–H and O–H groups in total. The normalized spacial score (nSPS) is 15.6. The predicted molar refractivity (Wildman–Crippen MR) is 103 cm³/mol. The fraction of sp³-hybridized carbons (Fsp3) is 0.350. The van der Waals surface area contributed by atoms with Crippen molar-refractivity contribution in [3.8, 4) is 17.0 Å². The minimum Gasteiger partial charge on any atom is -0.497 e. The number of fused-ring (bicyclic) bond motifs is 1. The van der Waals surface area contributed by atoms with E-state index in [1.807, 2.05) is 7.05 Å². The summed E-state index contributed by atoms with van der Waals surface area (Å²) in [5, 5.41) is 3.83. The predicted octanol–water partition coefficient (Wildman–Crippen LogP) is 2.81. The highest BCUT2D eigenvalue weighted by atomic mass is 19.4. The molecule has 1 aromatic carbocycles. The van der Waals surface area contributed by atoms with Gasteiger partial charge in [0.1, 0.15) is 11.3 Å². The molecule has 1 amide bonds. The molecule has 0 bridgehead atoms. The second kappa shape index (κ2) is 7.60. The van der Waals surface area contributed by atoms with Crippen molar-refractivity contribution in [2.75, 3.05) is 40.3 Å². The molecule has 1 saturated heterocycles. The highest BCUT2D eigenvalue weighted by molar-refractivity contribution is 6.00. The summed E-state index contributed by atoms with van der Waals surface area (Å²) < 4.78 is 47.0. The fourth-order valence-corrected chi connectivity index (χ4v) is 3.41. The summed E-state index contributed by atoms with van der Waals surface area (Å²) >= 11 is 0. The summed E-state index contributed by atoms with van der Waals surface area (Å²) in [6.45, 7) is 2.39. The van der Waals surface area contributed by atoms with Crippen LogP contribution in [-0.4, -0.2) is 70.6 Å². The van der Waals surface area contributed by atoms with Gasteiger partial charge in [-0.3, -0.25) is 4.79 Å². The molecule has 0 saturated carbocycles. The summed E-state index contributed by atoms with van der Waals surface area (Å²) in [7, 11) is 3.46. The first-order chi connectivity index (χ1) is 14.3. The molecule has 30 heavy (non-hydrogen) atoms. The number of halogens is 3. The van der Waals surface area contributed by atoms with E-state index in [9.17, 15) is 18.0 Å². The van der Waals surface area contributed by atoms with E-state index in [1.165, 1.54) is 7.11 Å². The molecule has 0 aliphatic carbocycles. The third-order valence-electron chi connectivity index (χ3n) is 5.17. The Hall–Kier alpha value is -3.14. The van der Waals surface area contributed by atoms with E-state index >= 15 is 0 Å². The van der Waals surface area contributed by atoms with Gasteiger partial charge in [0.05, 0.1) is 19.0 Å². The summed E-state index contributed by atoms with van der Waals surface area (Å²) in [5.41, 5.74) is -0.468. The molecular weight excluding hydrogens is 399 g/mol. The van der Waals surface area contributed by atoms with Gasteiger partial charge in [-0.1, -0.05) is 0 Å². The number of hydrogen-bond donors (Lipinski definition) is 0. The van der Waals surface area contributed by atoms with Crippen molar-refractivity contribution in [2.45, 2.75) is 6.18 Å². The van der Waals surface area contributed by atoms with Gasteiger partial charge in [0, 0.05) is 31.7 Å². The number of methoxy groups -OCH3 is 1. The number of rotatable bonds is 3. The van der Waals surface area contributed by atoms with Crippen molar-refractivity contribution in [1.29, 1.82) is 0 Å². The van der Waals surface area contributed by atoms with Crippen LogP contribution in [0.5, 0.6) is 5.75 Å². The summed E-state index contributed by atoms with van der Waals surface area (Å²) in [5.74, 6) is 0.205. The largest absolute Gasteiger partial charge is 0.497 e. The van der Waals surface area contributed by atoms with Gasteiger partial charge in [-0.05, 0) is 37.4 Å². The van der Waals surface area contributed by atoms with Gasteiger partial charge < -0.3 is 14.5 Å². The summed E-state index contributed by atoms with van der Waals surface area (Å²) in [6.07, 6.45) is -3.50. The average Bonchev–Trinajstić information content (AvgIpc) is 3.16. The van der Waals surface area contributed by atoms with Crippen LogP contribution in [0.2, 0.25) is 0 Å². The number of carbonyl (C=O) groups excluding carboxylic acids is 1. The van der Waals surface area contributed by atoms with Gasteiger partial charge in [-0.25, -0.2) is 9.50 Å². The maximum atomic E-state index is 13.7. The van der Waals surface area contributed by atoms with E-state index in [1.54, 1.807) is 29.2 Å². The van der Waals surface area contributed by atoms with Gasteiger partial charge in [-0.2, -0.15) is 18.3 Å². The Balaban J connectivity index is 1.82. The van der Waals surface area contributed by atoms with Gasteiger partial charge in [-0.15, -0.1) is 0 Å². The minimum atomic E-state index is -4.66. The molecule has 1 aliphatic rings. The topological polar surface area (TPSA) is 63.0 Å². The fourth-order valence-electron chi connectivity index (χ4n) is 3.41. The van der Waals surface area contributed by atoms with Crippen LogP contribution in [0.4, 0.5) is 13.2 Å². The molecule has 0 spiro atoms. The van der Waals surface area contributed by atoms with Crippen LogP contribution < -0.4 is 4.74 Å². The first-order valence-electron chi connectivity index (χ1n) is 9.36. The minimum absolute atomic E-state index is 0.0559. The van der Waals surface area contributed by atoms with Crippen LogP contribution in [-0.2, 0) is 6.18 Å². The monoisotopic (exact) mass is 419 g/mol. The van der Waals surface area contributed by atoms with Crippen molar-refractivity contribution in [3.63, 3.8) is 0 Å². The lowest BCUT2D eigenvalue weighted by Crippen LogP contribution is -2.47. The number of aromatic nitrogens is 3. The van der Waals surface area contributed by atoms with Crippen molar-refractivity contribution in [1.82, 2.24) is 24.4 Å². The van der Waals surface area contributed by atoms with Gasteiger partial charge >= 0.3 is 6.18 Å². The highest BCUT2D eigenvalue weighted by Crippen LogP contribution is 2.33.